The summed E-state index contributed by atoms with van der Waals surface area (Å²) in [7, 11) is 0.582. The monoisotopic (exact) mass is 286 g/mol. The number of hydrogen-bond donors (Lipinski definition) is 2. The van der Waals surface area contributed by atoms with E-state index in [0.717, 1.165) is 18.5 Å². The van der Waals surface area contributed by atoms with Gasteiger partial charge >= 0.3 is 0 Å². The van der Waals surface area contributed by atoms with Gasteiger partial charge in [0.15, 0.2) is 0 Å². The Morgan fingerprint density at radius 1 is 1.53 bits per heavy atom. The average Bonchev–Trinajstić information content (AvgIpc) is 2.88. The molecule has 1 saturated heterocycles. The van der Waals surface area contributed by atoms with Crippen LogP contribution >= 0.6 is 0 Å². The number of H-pyrrole nitrogens is 1. The molecule has 1 atom stereocenters. The van der Waals surface area contributed by atoms with Crippen LogP contribution in [0.15, 0.2) is 17.2 Å². The summed E-state index contributed by atoms with van der Waals surface area (Å²) in [6, 6.07) is 1.91. The summed E-state index contributed by atoms with van der Waals surface area (Å²) in [5.41, 5.74) is 6.24. The van der Waals surface area contributed by atoms with Gasteiger partial charge in [-0.05, 0) is 33.0 Å². The van der Waals surface area contributed by atoms with Crippen molar-refractivity contribution in [2.24, 2.45) is 5.73 Å². The molecule has 0 aliphatic carbocycles. The van der Waals surface area contributed by atoms with Crippen molar-refractivity contribution in [2.75, 3.05) is 27.2 Å². The number of piperidine rings is 1. The number of aromatic amines is 1. The van der Waals surface area contributed by atoms with Crippen LogP contribution in [0.1, 0.15) is 18.5 Å². The Hall–Kier alpha value is -0.890. The maximum Gasteiger partial charge on any atom is 0.244 e. The fourth-order valence-electron chi connectivity index (χ4n) is 2.40. The van der Waals surface area contributed by atoms with Crippen LogP contribution in [0.4, 0.5) is 0 Å². The van der Waals surface area contributed by atoms with Gasteiger partial charge in [0, 0.05) is 37.6 Å². The van der Waals surface area contributed by atoms with E-state index >= 15 is 0 Å². The summed E-state index contributed by atoms with van der Waals surface area (Å²) in [6.45, 7) is 1.46. The van der Waals surface area contributed by atoms with E-state index in [0.29, 0.717) is 24.5 Å². The Labute approximate surface area is 114 Å². The fraction of sp³-hybridized carbons (Fsp3) is 0.667. The van der Waals surface area contributed by atoms with E-state index in [1.165, 1.54) is 6.20 Å². The average molecular weight is 286 g/mol. The second kappa shape index (κ2) is 5.62. The lowest BCUT2D eigenvalue weighted by Gasteiger charge is -2.35. The number of hydrogen-bond acceptors (Lipinski definition) is 4. The zero-order valence-electron chi connectivity index (χ0n) is 11.5. The van der Waals surface area contributed by atoms with Crippen molar-refractivity contribution < 1.29 is 8.42 Å². The molecule has 1 aliphatic heterocycles. The largest absolute Gasteiger partial charge is 0.363 e. The summed E-state index contributed by atoms with van der Waals surface area (Å²) in [6.07, 6.45) is 3.47. The third-order valence-corrected chi connectivity index (χ3v) is 5.51. The Morgan fingerprint density at radius 3 is 2.84 bits per heavy atom. The Morgan fingerprint density at radius 2 is 2.26 bits per heavy atom. The quantitative estimate of drug-likeness (QED) is 0.827. The molecule has 7 heteroatoms. The van der Waals surface area contributed by atoms with Crippen molar-refractivity contribution >= 4 is 10.0 Å². The van der Waals surface area contributed by atoms with Crippen LogP contribution < -0.4 is 5.73 Å². The molecule has 0 aromatic carbocycles. The Kier molecular flexibility index (Phi) is 4.29. The van der Waals surface area contributed by atoms with E-state index < -0.39 is 10.0 Å². The van der Waals surface area contributed by atoms with Crippen LogP contribution in [0.3, 0.4) is 0 Å². The number of nitrogens with zero attached hydrogens (tertiary/aromatic N) is 2. The highest BCUT2D eigenvalue weighted by Gasteiger charge is 2.31. The van der Waals surface area contributed by atoms with Gasteiger partial charge in [0.05, 0.1) is 4.90 Å². The van der Waals surface area contributed by atoms with Crippen LogP contribution in [0.25, 0.3) is 0 Å². The zero-order valence-corrected chi connectivity index (χ0v) is 12.3. The summed E-state index contributed by atoms with van der Waals surface area (Å²) in [4.78, 5) is 5.29. The van der Waals surface area contributed by atoms with Gasteiger partial charge in [0.2, 0.25) is 10.0 Å². The highest BCUT2D eigenvalue weighted by Crippen LogP contribution is 2.22. The first-order valence-corrected chi connectivity index (χ1v) is 7.93. The zero-order chi connectivity index (χ0) is 14.0. The first kappa shape index (κ1) is 14.5. The van der Waals surface area contributed by atoms with Crippen LogP contribution in [0.2, 0.25) is 0 Å². The van der Waals surface area contributed by atoms with Gasteiger partial charge in [-0.1, -0.05) is 0 Å². The molecule has 1 fully saturated rings. The lowest BCUT2D eigenvalue weighted by molar-refractivity contribution is 0.190. The van der Waals surface area contributed by atoms with E-state index in [1.54, 1.807) is 10.4 Å². The number of sulfonamides is 1. The van der Waals surface area contributed by atoms with Gasteiger partial charge in [0.25, 0.3) is 0 Å². The molecular weight excluding hydrogens is 264 g/mol. The summed E-state index contributed by atoms with van der Waals surface area (Å²) >= 11 is 0. The molecule has 1 aliphatic rings. The molecule has 108 valence electrons. The van der Waals surface area contributed by atoms with E-state index in [9.17, 15) is 8.42 Å². The van der Waals surface area contributed by atoms with Crippen molar-refractivity contribution in [3.63, 3.8) is 0 Å². The van der Waals surface area contributed by atoms with E-state index in [1.807, 2.05) is 14.1 Å². The minimum Gasteiger partial charge on any atom is -0.363 e. The van der Waals surface area contributed by atoms with Gasteiger partial charge in [-0.3, -0.25) is 0 Å². The normalized spacial score (nSPS) is 22.0. The molecule has 0 amide bonds. The van der Waals surface area contributed by atoms with Crippen LogP contribution in [-0.2, 0) is 16.6 Å². The fourth-order valence-corrected chi connectivity index (χ4v) is 3.93. The van der Waals surface area contributed by atoms with Gasteiger partial charge in [-0.15, -0.1) is 0 Å². The number of aromatic nitrogens is 1. The molecule has 3 N–H and O–H groups in total. The molecule has 2 rings (SSSR count). The van der Waals surface area contributed by atoms with Gasteiger partial charge in [-0.25, -0.2) is 8.42 Å². The SMILES string of the molecule is CN(C)C1CCCN(S(=O)(=O)c2c[nH]c(CN)c2)C1. The highest BCUT2D eigenvalue weighted by molar-refractivity contribution is 7.89. The van der Waals surface area contributed by atoms with Crippen molar-refractivity contribution in [1.29, 1.82) is 0 Å². The van der Waals surface area contributed by atoms with Gasteiger partial charge in [-0.2, -0.15) is 4.31 Å². The molecule has 19 heavy (non-hydrogen) atoms. The van der Waals surface area contributed by atoms with Crippen molar-refractivity contribution in [2.45, 2.75) is 30.3 Å². The van der Waals surface area contributed by atoms with Gasteiger partial charge in [0.1, 0.15) is 0 Å². The first-order valence-electron chi connectivity index (χ1n) is 6.49. The molecule has 1 aromatic heterocycles. The molecule has 2 heterocycles. The molecule has 0 bridgehead atoms. The second-order valence-corrected chi connectivity index (χ2v) is 7.13. The van der Waals surface area contributed by atoms with E-state index in [2.05, 4.69) is 9.88 Å². The number of rotatable bonds is 4. The molecule has 0 saturated carbocycles. The molecule has 1 unspecified atom stereocenters. The number of nitrogens with one attached hydrogen (secondary N) is 1. The molecule has 1 aromatic rings. The molecule has 0 spiro atoms. The third kappa shape index (κ3) is 3.00. The third-order valence-electron chi connectivity index (χ3n) is 3.66. The standard InChI is InChI=1S/C12H22N4O2S/c1-15(2)11-4-3-5-16(9-11)19(17,18)12-6-10(7-13)14-8-12/h6,8,11,14H,3-5,7,9,13H2,1-2H3. The molecular formula is C12H22N4O2S. The van der Waals surface area contributed by atoms with Crippen molar-refractivity contribution in [3.05, 3.63) is 18.0 Å². The summed E-state index contributed by atoms with van der Waals surface area (Å²) in [5, 5.41) is 0. The lowest BCUT2D eigenvalue weighted by atomic mass is 10.1. The van der Waals surface area contributed by atoms with Gasteiger partial charge < -0.3 is 15.6 Å². The maximum absolute atomic E-state index is 12.5. The number of nitrogens with two attached hydrogens (primary N) is 1. The topological polar surface area (TPSA) is 82.4 Å². The smallest absolute Gasteiger partial charge is 0.244 e. The summed E-state index contributed by atoms with van der Waals surface area (Å²) in [5.74, 6) is 0. The Bertz CT molecular complexity index is 524. The minimum absolute atomic E-state index is 0.288. The molecule has 6 nitrogen and oxygen atoms in total. The summed E-state index contributed by atoms with van der Waals surface area (Å²) < 4.78 is 26.6. The van der Waals surface area contributed by atoms with E-state index in [4.69, 9.17) is 5.73 Å². The minimum atomic E-state index is -3.40. The highest BCUT2D eigenvalue weighted by atomic mass is 32.2. The first-order chi connectivity index (χ1) is 8.95. The maximum atomic E-state index is 12.5. The lowest BCUT2D eigenvalue weighted by Crippen LogP contribution is -2.47. The van der Waals surface area contributed by atoms with E-state index in [-0.39, 0.29) is 6.04 Å². The van der Waals surface area contributed by atoms with Crippen LogP contribution in [0, 0.1) is 0 Å². The number of likely N-dealkylation sites (N-methyl/N-ethyl adjacent to an activating group) is 1. The Balaban J connectivity index is 2.19. The van der Waals surface area contributed by atoms with Crippen LogP contribution in [0.5, 0.6) is 0 Å². The van der Waals surface area contributed by atoms with Crippen molar-refractivity contribution in [3.8, 4) is 0 Å². The second-order valence-electron chi connectivity index (χ2n) is 5.19. The van der Waals surface area contributed by atoms with Crippen LogP contribution in [-0.4, -0.2) is 55.8 Å². The predicted octanol–water partition coefficient (Wildman–Crippen LogP) is 0.188. The predicted molar refractivity (Wildman–Crippen MR) is 74.2 cm³/mol. The van der Waals surface area contributed by atoms with Crippen molar-refractivity contribution in [1.82, 2.24) is 14.2 Å². The molecule has 0 radical (unpaired) electrons.